The van der Waals surface area contributed by atoms with Gasteiger partial charge >= 0.3 is 0 Å². The fourth-order valence-electron chi connectivity index (χ4n) is 2.07. The van der Waals surface area contributed by atoms with Gasteiger partial charge < -0.3 is 10.8 Å². The second-order valence-corrected chi connectivity index (χ2v) is 4.32. The maximum atomic E-state index is 12.1. The van der Waals surface area contributed by atoms with Crippen molar-refractivity contribution in [2.45, 2.75) is 0 Å². The van der Waals surface area contributed by atoms with Crippen LogP contribution in [-0.2, 0) is 7.05 Å². The highest BCUT2D eigenvalue weighted by molar-refractivity contribution is 5.80. The summed E-state index contributed by atoms with van der Waals surface area (Å²) in [5, 5.41) is 13.7. The topological polar surface area (TPSA) is 107 Å². The largest absolute Gasteiger partial charge is 0.508 e. The lowest BCUT2D eigenvalue weighted by Crippen LogP contribution is -2.20. The zero-order valence-corrected chi connectivity index (χ0v) is 10.6. The summed E-state index contributed by atoms with van der Waals surface area (Å²) < 4.78 is 1.46. The number of anilines is 1. The highest BCUT2D eigenvalue weighted by atomic mass is 16.3. The minimum atomic E-state index is -0.469. The van der Waals surface area contributed by atoms with Crippen molar-refractivity contribution < 1.29 is 5.11 Å². The number of aromatic hydroxyl groups is 1. The molecule has 3 N–H and O–H groups in total. The van der Waals surface area contributed by atoms with E-state index < -0.39 is 5.56 Å². The van der Waals surface area contributed by atoms with Crippen LogP contribution in [0.3, 0.4) is 0 Å². The molecule has 20 heavy (non-hydrogen) atoms. The number of nitrogen functional groups attached to an aromatic ring is 1. The van der Waals surface area contributed by atoms with Crippen molar-refractivity contribution in [3.63, 3.8) is 0 Å². The summed E-state index contributed by atoms with van der Waals surface area (Å²) in [5.74, 6) is 0.365. The first-order valence-electron chi connectivity index (χ1n) is 5.85. The first kappa shape index (κ1) is 12.1. The number of nitrogens with two attached hydrogens (primary N) is 1. The van der Waals surface area contributed by atoms with Crippen LogP contribution in [0, 0.1) is 0 Å². The van der Waals surface area contributed by atoms with E-state index in [9.17, 15) is 9.90 Å². The number of phenolic OH excluding ortho intramolecular Hbond substituents is 1. The quantitative estimate of drug-likeness (QED) is 0.671. The molecule has 2 heterocycles. The molecule has 0 spiro atoms. The Morgan fingerprint density at radius 3 is 2.85 bits per heavy atom. The molecule has 7 heteroatoms. The van der Waals surface area contributed by atoms with Crippen molar-refractivity contribution in [3.8, 4) is 28.3 Å². The summed E-state index contributed by atoms with van der Waals surface area (Å²) in [7, 11) is 1.67. The molecule has 100 valence electrons. The number of aromatic nitrogens is 4. The van der Waals surface area contributed by atoms with Gasteiger partial charge in [0.2, 0.25) is 5.95 Å². The minimum absolute atomic E-state index is 0.0899. The van der Waals surface area contributed by atoms with Crippen LogP contribution in [-0.4, -0.2) is 24.9 Å². The number of benzene rings is 1. The maximum Gasteiger partial charge on any atom is 0.284 e. The molecule has 7 nitrogen and oxygen atoms in total. The van der Waals surface area contributed by atoms with Crippen molar-refractivity contribution in [3.05, 3.63) is 40.8 Å². The number of phenols is 1. The molecule has 0 fully saturated rings. The van der Waals surface area contributed by atoms with Gasteiger partial charge in [0.25, 0.3) is 5.56 Å². The van der Waals surface area contributed by atoms with Gasteiger partial charge in [-0.1, -0.05) is 12.1 Å². The molecule has 0 bridgehead atoms. The van der Waals surface area contributed by atoms with Gasteiger partial charge in [0.15, 0.2) is 5.82 Å². The predicted molar refractivity (Wildman–Crippen MR) is 73.2 cm³/mol. The maximum absolute atomic E-state index is 12.1. The van der Waals surface area contributed by atoms with Gasteiger partial charge in [0.05, 0.1) is 11.8 Å². The first-order chi connectivity index (χ1) is 9.56. The lowest BCUT2D eigenvalue weighted by molar-refractivity contribution is 0.475. The Bertz CT molecular complexity index is 827. The molecular weight excluding hydrogens is 258 g/mol. The van der Waals surface area contributed by atoms with Crippen LogP contribution in [0.5, 0.6) is 5.75 Å². The Labute approximate surface area is 113 Å². The van der Waals surface area contributed by atoms with Gasteiger partial charge in [-0.25, -0.2) is 0 Å². The van der Waals surface area contributed by atoms with Crippen LogP contribution in [0.2, 0.25) is 0 Å². The summed E-state index contributed by atoms with van der Waals surface area (Å²) in [6.07, 6.45) is 1.54. The summed E-state index contributed by atoms with van der Waals surface area (Å²) >= 11 is 0. The third-order valence-corrected chi connectivity index (χ3v) is 2.97. The average molecular weight is 269 g/mol. The van der Waals surface area contributed by atoms with Gasteiger partial charge in [0, 0.05) is 12.6 Å². The molecule has 0 aromatic heterocycles. The van der Waals surface area contributed by atoms with Crippen molar-refractivity contribution in [2.75, 3.05) is 5.73 Å². The van der Waals surface area contributed by atoms with E-state index in [1.165, 1.54) is 10.9 Å². The Morgan fingerprint density at radius 2 is 2.10 bits per heavy atom. The zero-order chi connectivity index (χ0) is 14.3. The fourth-order valence-corrected chi connectivity index (χ4v) is 2.07. The van der Waals surface area contributed by atoms with E-state index in [-0.39, 0.29) is 11.7 Å². The Morgan fingerprint density at radius 1 is 1.30 bits per heavy atom. The van der Waals surface area contributed by atoms with Gasteiger partial charge in [-0.2, -0.15) is 15.1 Å². The minimum Gasteiger partial charge on any atom is -0.508 e. The summed E-state index contributed by atoms with van der Waals surface area (Å²) in [5.41, 5.74) is 6.57. The van der Waals surface area contributed by atoms with Crippen LogP contribution >= 0.6 is 0 Å². The van der Waals surface area contributed by atoms with Gasteiger partial charge in [-0.15, -0.1) is 0 Å². The number of fused-ring (bicyclic) bond motifs is 1. The van der Waals surface area contributed by atoms with E-state index >= 15 is 0 Å². The second kappa shape index (κ2) is 4.30. The predicted octanol–water partition coefficient (Wildman–Crippen LogP) is 0.630. The third-order valence-electron chi connectivity index (χ3n) is 2.97. The number of hydrogen-bond acceptors (Lipinski definition) is 6. The summed E-state index contributed by atoms with van der Waals surface area (Å²) in [4.78, 5) is 19.8. The van der Waals surface area contributed by atoms with Crippen LogP contribution in [0.1, 0.15) is 0 Å². The molecule has 0 saturated heterocycles. The fraction of sp³-hybridized carbons (Fsp3) is 0.0769. The highest BCUT2D eigenvalue weighted by Gasteiger charge is 2.19. The van der Waals surface area contributed by atoms with Crippen molar-refractivity contribution in [1.82, 2.24) is 19.7 Å². The molecule has 1 aromatic rings. The van der Waals surface area contributed by atoms with Gasteiger partial charge in [-0.3, -0.25) is 9.48 Å². The number of hydrogen-bond donors (Lipinski definition) is 2. The standard InChI is InChI=1S/C13H11N5O2/c1-18-11-10(12(20)17-13(14)16-11)9(6-15-18)7-3-2-4-8(19)5-7/h2-6,19H,1H3,(H2,14,17,20). The second-order valence-electron chi connectivity index (χ2n) is 4.32. The van der Waals surface area contributed by atoms with Crippen molar-refractivity contribution in [2.24, 2.45) is 7.05 Å². The van der Waals surface area contributed by atoms with E-state index in [1.54, 1.807) is 31.3 Å². The average Bonchev–Trinajstić information content (AvgIpc) is 2.40. The highest BCUT2D eigenvalue weighted by Crippen LogP contribution is 2.30. The normalized spacial score (nSPS) is 10.8. The molecule has 2 aliphatic heterocycles. The van der Waals surface area contributed by atoms with Crippen LogP contribution in [0.15, 0.2) is 35.3 Å². The first-order valence-corrected chi connectivity index (χ1v) is 5.85. The molecule has 0 radical (unpaired) electrons. The van der Waals surface area contributed by atoms with Crippen molar-refractivity contribution >= 4 is 5.95 Å². The summed E-state index contributed by atoms with van der Waals surface area (Å²) in [6.45, 7) is 0. The number of aryl methyl sites for hydroxylation is 1. The molecular formula is C13H11N5O2. The molecule has 0 aliphatic carbocycles. The van der Waals surface area contributed by atoms with E-state index in [2.05, 4.69) is 15.1 Å². The molecule has 0 amide bonds. The Hall–Kier alpha value is -2.96. The molecule has 3 rings (SSSR count). The van der Waals surface area contributed by atoms with Gasteiger partial charge in [-0.05, 0) is 17.7 Å². The SMILES string of the molecule is Cn1ncc(-c2cccc(O)c2)c2c(=O)nc(N)nc1-2. The number of rotatable bonds is 1. The van der Waals surface area contributed by atoms with E-state index in [1.807, 2.05) is 0 Å². The van der Waals surface area contributed by atoms with Crippen LogP contribution in [0.25, 0.3) is 22.5 Å². The third kappa shape index (κ3) is 1.85. The number of nitrogens with zero attached hydrogens (tertiary/aromatic N) is 4. The molecule has 0 saturated carbocycles. The van der Waals surface area contributed by atoms with Crippen LogP contribution < -0.4 is 11.3 Å². The molecule has 0 atom stereocenters. The lowest BCUT2D eigenvalue weighted by atomic mass is 10.0. The van der Waals surface area contributed by atoms with Crippen LogP contribution in [0.4, 0.5) is 5.95 Å². The van der Waals surface area contributed by atoms with E-state index in [4.69, 9.17) is 5.73 Å². The Kier molecular flexibility index (Phi) is 2.60. The Balaban J connectivity index is 2.39. The van der Waals surface area contributed by atoms with E-state index in [0.717, 1.165) is 0 Å². The van der Waals surface area contributed by atoms with E-state index in [0.29, 0.717) is 22.5 Å². The molecule has 1 aromatic carbocycles. The zero-order valence-electron chi connectivity index (χ0n) is 10.6. The van der Waals surface area contributed by atoms with Crippen molar-refractivity contribution in [1.29, 1.82) is 0 Å². The monoisotopic (exact) mass is 269 g/mol. The van der Waals surface area contributed by atoms with Gasteiger partial charge in [0.1, 0.15) is 5.75 Å². The smallest absolute Gasteiger partial charge is 0.284 e. The lowest BCUT2D eigenvalue weighted by Gasteiger charge is -2.13. The summed E-state index contributed by atoms with van der Waals surface area (Å²) in [6, 6.07) is 6.55. The molecule has 0 unspecified atom stereocenters. The molecule has 2 aliphatic rings.